The molecule has 3 heterocycles. The molecule has 3 aromatic rings. The molecule has 0 aromatic carbocycles. The van der Waals surface area contributed by atoms with Gasteiger partial charge in [-0.2, -0.15) is 13.2 Å². The lowest BCUT2D eigenvalue weighted by Crippen LogP contribution is -2.16. The first kappa shape index (κ1) is 20.1. The lowest BCUT2D eigenvalue weighted by molar-refractivity contribution is -0.137. The van der Waals surface area contributed by atoms with Crippen molar-refractivity contribution in [2.75, 3.05) is 0 Å². The highest BCUT2D eigenvalue weighted by atomic mass is 32.2. The van der Waals surface area contributed by atoms with Crippen LogP contribution in [0.2, 0.25) is 0 Å². The van der Waals surface area contributed by atoms with Crippen LogP contribution in [0.4, 0.5) is 13.2 Å². The van der Waals surface area contributed by atoms with Gasteiger partial charge >= 0.3 is 6.18 Å². The fourth-order valence-corrected chi connectivity index (χ4v) is 3.95. The molecule has 10 heteroatoms. The molecule has 0 amide bonds. The van der Waals surface area contributed by atoms with Crippen LogP contribution >= 0.6 is 11.8 Å². The number of aromatic nitrogens is 4. The monoisotopic (exact) mass is 410 g/mol. The smallest absolute Gasteiger partial charge is 0.355 e. The van der Waals surface area contributed by atoms with Crippen LogP contribution in [-0.4, -0.2) is 36.4 Å². The zero-order chi connectivity index (χ0) is 20.8. The summed E-state index contributed by atoms with van der Waals surface area (Å²) in [6, 6.07) is 2.16. The first-order valence-corrected chi connectivity index (χ1v) is 9.21. The number of carbonyl (C=O) groups is 2. The summed E-state index contributed by atoms with van der Waals surface area (Å²) in [6.07, 6.45) is -3.59. The van der Waals surface area contributed by atoms with Gasteiger partial charge in [0.2, 0.25) is 0 Å². The van der Waals surface area contributed by atoms with Crippen LogP contribution in [0.3, 0.4) is 0 Å². The summed E-state index contributed by atoms with van der Waals surface area (Å²) in [5.74, 6) is -0.421. The standard InChI is InChI=1S/C18H17F3N4O2S/c1-8-14(10(3)26)9(2)22-15(8)16(27)11(4)28-17-24-23-13-6-5-12(7-25(13)17)18(19,20)21/h5-7,11,22H,1-4H3. The Morgan fingerprint density at radius 1 is 1.21 bits per heavy atom. The third-order valence-corrected chi connectivity index (χ3v) is 5.44. The number of hydrogen-bond donors (Lipinski definition) is 1. The lowest BCUT2D eigenvalue weighted by atomic mass is 10.0. The number of carbonyl (C=O) groups excluding carboxylic acids is 2. The average Bonchev–Trinajstić information content (AvgIpc) is 3.13. The molecule has 0 saturated heterocycles. The number of fused-ring (bicyclic) bond motifs is 1. The number of nitrogens with one attached hydrogen (secondary N) is 1. The van der Waals surface area contributed by atoms with Crippen molar-refractivity contribution in [2.24, 2.45) is 0 Å². The maximum absolute atomic E-state index is 13.0. The predicted octanol–water partition coefficient (Wildman–Crippen LogP) is 4.26. The number of ketones is 2. The van der Waals surface area contributed by atoms with Gasteiger partial charge in [0.25, 0.3) is 0 Å². The number of aromatic amines is 1. The molecule has 0 aliphatic rings. The number of pyridine rings is 1. The molecular formula is C18H17F3N4O2S. The Morgan fingerprint density at radius 3 is 2.46 bits per heavy atom. The van der Waals surface area contributed by atoms with Crippen LogP contribution in [-0.2, 0) is 6.18 Å². The molecule has 3 rings (SSSR count). The minimum atomic E-state index is -4.50. The van der Waals surface area contributed by atoms with E-state index in [2.05, 4.69) is 15.2 Å². The number of rotatable bonds is 5. The third kappa shape index (κ3) is 3.56. The first-order chi connectivity index (χ1) is 13.0. The number of thioether (sulfide) groups is 1. The number of Topliss-reactive ketones (excluding diaryl/α,β-unsaturated/α-hetero) is 2. The molecule has 0 spiro atoms. The van der Waals surface area contributed by atoms with E-state index in [0.29, 0.717) is 22.5 Å². The van der Waals surface area contributed by atoms with E-state index >= 15 is 0 Å². The number of nitrogens with zero attached hydrogens (tertiary/aromatic N) is 3. The molecular weight excluding hydrogens is 393 g/mol. The molecule has 3 aromatic heterocycles. The minimum Gasteiger partial charge on any atom is -0.355 e. The molecule has 0 bridgehead atoms. The predicted molar refractivity (Wildman–Crippen MR) is 97.9 cm³/mol. The number of hydrogen-bond acceptors (Lipinski definition) is 5. The summed E-state index contributed by atoms with van der Waals surface area (Å²) in [7, 11) is 0. The van der Waals surface area contributed by atoms with Crippen molar-refractivity contribution in [1.29, 1.82) is 0 Å². The van der Waals surface area contributed by atoms with E-state index in [1.54, 1.807) is 20.8 Å². The normalized spacial score (nSPS) is 13.1. The highest BCUT2D eigenvalue weighted by Gasteiger charge is 2.31. The Balaban J connectivity index is 1.91. The summed E-state index contributed by atoms with van der Waals surface area (Å²) < 4.78 is 40.1. The Labute approximate surface area is 162 Å². The summed E-state index contributed by atoms with van der Waals surface area (Å²) in [4.78, 5) is 27.5. The number of H-pyrrole nitrogens is 1. The van der Waals surface area contributed by atoms with Gasteiger partial charge in [0.05, 0.1) is 16.5 Å². The highest BCUT2D eigenvalue weighted by Crippen LogP contribution is 2.31. The molecule has 0 radical (unpaired) electrons. The van der Waals surface area contributed by atoms with E-state index in [4.69, 9.17) is 0 Å². The van der Waals surface area contributed by atoms with Crippen molar-refractivity contribution in [1.82, 2.24) is 19.6 Å². The molecule has 28 heavy (non-hydrogen) atoms. The van der Waals surface area contributed by atoms with E-state index in [-0.39, 0.29) is 22.4 Å². The summed E-state index contributed by atoms with van der Waals surface area (Å²) in [6.45, 7) is 6.46. The Kier molecular flexibility index (Phi) is 5.09. The first-order valence-electron chi connectivity index (χ1n) is 8.33. The molecule has 148 valence electrons. The second-order valence-corrected chi connectivity index (χ2v) is 7.74. The second kappa shape index (κ2) is 7.08. The molecule has 0 saturated carbocycles. The summed E-state index contributed by atoms with van der Waals surface area (Å²) in [5, 5.41) is 7.27. The number of halogens is 3. The van der Waals surface area contributed by atoms with Crippen molar-refractivity contribution < 1.29 is 22.8 Å². The Bertz CT molecular complexity index is 1080. The second-order valence-electron chi connectivity index (χ2n) is 6.43. The summed E-state index contributed by atoms with van der Waals surface area (Å²) >= 11 is 1.00. The van der Waals surface area contributed by atoms with Gasteiger partial charge in [-0.3, -0.25) is 14.0 Å². The lowest BCUT2D eigenvalue weighted by Gasteiger charge is -2.10. The maximum Gasteiger partial charge on any atom is 0.417 e. The highest BCUT2D eigenvalue weighted by molar-refractivity contribution is 8.00. The van der Waals surface area contributed by atoms with Gasteiger partial charge in [0, 0.05) is 17.5 Å². The van der Waals surface area contributed by atoms with Crippen LogP contribution in [0.1, 0.15) is 51.5 Å². The molecule has 6 nitrogen and oxygen atoms in total. The van der Waals surface area contributed by atoms with Crippen LogP contribution < -0.4 is 0 Å². The van der Waals surface area contributed by atoms with E-state index in [0.717, 1.165) is 24.0 Å². The van der Waals surface area contributed by atoms with E-state index in [1.165, 1.54) is 17.4 Å². The fraction of sp³-hybridized carbons (Fsp3) is 0.333. The topological polar surface area (TPSA) is 80.1 Å². The SMILES string of the molecule is CC(=O)c1c(C)[nH]c(C(=O)C(C)Sc2nnc3ccc(C(F)(F)F)cn23)c1C. The Morgan fingerprint density at radius 2 is 1.89 bits per heavy atom. The molecule has 1 atom stereocenters. The van der Waals surface area contributed by atoms with Gasteiger partial charge in [-0.25, -0.2) is 0 Å². The maximum atomic E-state index is 13.0. The van der Waals surface area contributed by atoms with Gasteiger partial charge in [-0.05, 0) is 45.4 Å². The van der Waals surface area contributed by atoms with Gasteiger partial charge in [0.1, 0.15) is 0 Å². The molecule has 1 unspecified atom stereocenters. The molecule has 0 aliphatic carbocycles. The van der Waals surface area contributed by atoms with Gasteiger partial charge in [-0.15, -0.1) is 10.2 Å². The van der Waals surface area contributed by atoms with Gasteiger partial charge in [-0.1, -0.05) is 11.8 Å². The summed E-state index contributed by atoms with van der Waals surface area (Å²) in [5.41, 5.74) is 1.38. The van der Waals surface area contributed by atoms with Gasteiger partial charge < -0.3 is 4.98 Å². The van der Waals surface area contributed by atoms with E-state index in [9.17, 15) is 22.8 Å². The van der Waals surface area contributed by atoms with Crippen LogP contribution in [0.5, 0.6) is 0 Å². The molecule has 0 aliphatic heterocycles. The van der Waals surface area contributed by atoms with Crippen molar-refractivity contribution in [3.8, 4) is 0 Å². The third-order valence-electron chi connectivity index (χ3n) is 4.39. The van der Waals surface area contributed by atoms with Crippen LogP contribution in [0.25, 0.3) is 5.65 Å². The average molecular weight is 410 g/mol. The van der Waals surface area contributed by atoms with E-state index in [1.807, 2.05) is 0 Å². The van der Waals surface area contributed by atoms with Gasteiger partial charge in [0.15, 0.2) is 22.4 Å². The molecule has 1 N–H and O–H groups in total. The van der Waals surface area contributed by atoms with Crippen LogP contribution in [0.15, 0.2) is 23.5 Å². The van der Waals surface area contributed by atoms with Crippen molar-refractivity contribution in [3.63, 3.8) is 0 Å². The van der Waals surface area contributed by atoms with Crippen molar-refractivity contribution in [3.05, 3.63) is 46.4 Å². The number of alkyl halides is 3. The fourth-order valence-electron chi connectivity index (χ4n) is 3.06. The van der Waals surface area contributed by atoms with Crippen molar-refractivity contribution in [2.45, 2.75) is 44.3 Å². The quantitative estimate of drug-likeness (QED) is 0.502. The van der Waals surface area contributed by atoms with Crippen molar-refractivity contribution >= 4 is 29.0 Å². The largest absolute Gasteiger partial charge is 0.417 e. The zero-order valence-electron chi connectivity index (χ0n) is 15.5. The van der Waals surface area contributed by atoms with E-state index < -0.39 is 17.0 Å². The van der Waals surface area contributed by atoms with Crippen LogP contribution in [0, 0.1) is 13.8 Å². The molecule has 0 fully saturated rings. The number of aryl methyl sites for hydroxylation is 1. The Hall–Kier alpha value is -2.62. The zero-order valence-corrected chi connectivity index (χ0v) is 16.3. The minimum absolute atomic E-state index is 0.145.